The fourth-order valence-electron chi connectivity index (χ4n) is 3.21. The molecule has 3 aromatic rings. The molecule has 0 spiro atoms. The minimum Gasteiger partial charge on any atom is -0.486 e. The average molecular weight is 366 g/mol. The second kappa shape index (κ2) is 7.03. The van der Waals surface area contributed by atoms with Crippen molar-refractivity contribution in [1.29, 1.82) is 0 Å². The van der Waals surface area contributed by atoms with Gasteiger partial charge in [0.1, 0.15) is 19.3 Å². The number of fused-ring (bicyclic) bond motifs is 2. The van der Waals surface area contributed by atoms with E-state index in [9.17, 15) is 14.7 Å². The summed E-state index contributed by atoms with van der Waals surface area (Å²) >= 11 is 0. The molecule has 0 unspecified atom stereocenters. The van der Waals surface area contributed by atoms with Crippen molar-refractivity contribution >= 4 is 22.8 Å². The molecule has 1 aliphatic rings. The number of rotatable bonds is 5. The number of benzene rings is 2. The number of hydrogen-bond donors (Lipinski definition) is 3. The maximum absolute atomic E-state index is 12.7. The highest BCUT2D eigenvalue weighted by molar-refractivity contribution is 6.00. The van der Waals surface area contributed by atoms with Crippen LogP contribution in [0.3, 0.4) is 0 Å². The summed E-state index contributed by atoms with van der Waals surface area (Å²) in [4.78, 5) is 27.6. The van der Waals surface area contributed by atoms with E-state index < -0.39 is 17.9 Å². The first-order valence-electron chi connectivity index (χ1n) is 8.61. The summed E-state index contributed by atoms with van der Waals surface area (Å²) in [5.41, 5.74) is 2.01. The van der Waals surface area contributed by atoms with E-state index in [2.05, 4.69) is 10.3 Å². The highest BCUT2D eigenvalue weighted by Gasteiger charge is 2.26. The number of hydrogen-bond acceptors (Lipinski definition) is 4. The molecule has 7 heteroatoms. The molecule has 2 aromatic carbocycles. The lowest BCUT2D eigenvalue weighted by atomic mass is 10.0. The fraction of sp³-hybridized carbons (Fsp3) is 0.200. The van der Waals surface area contributed by atoms with Crippen molar-refractivity contribution in [2.24, 2.45) is 0 Å². The number of carbonyl (C=O) groups excluding carboxylic acids is 1. The molecule has 138 valence electrons. The number of H-pyrrole nitrogens is 1. The Bertz CT molecular complexity index is 1010. The van der Waals surface area contributed by atoms with E-state index in [1.807, 2.05) is 24.3 Å². The lowest BCUT2D eigenvalue weighted by Gasteiger charge is -2.21. The number of amides is 1. The van der Waals surface area contributed by atoms with Crippen molar-refractivity contribution in [2.45, 2.75) is 12.5 Å². The van der Waals surface area contributed by atoms with Gasteiger partial charge in [-0.15, -0.1) is 0 Å². The van der Waals surface area contributed by atoms with Gasteiger partial charge in [0, 0.05) is 23.5 Å². The van der Waals surface area contributed by atoms with Crippen LogP contribution in [0, 0.1) is 0 Å². The number of aliphatic carboxylic acids is 1. The summed E-state index contributed by atoms with van der Waals surface area (Å²) in [5.74, 6) is -0.782. The SMILES string of the molecule is O=C(N[C@H](Cc1c[nH]c2ccccc12)C(=O)O)c1cccc2c1OCCO2. The molecule has 1 aromatic heterocycles. The van der Waals surface area contributed by atoms with Crippen LogP contribution in [0.4, 0.5) is 0 Å². The van der Waals surface area contributed by atoms with Crippen LogP contribution in [0.5, 0.6) is 11.5 Å². The highest BCUT2D eigenvalue weighted by atomic mass is 16.6. The van der Waals surface area contributed by atoms with Gasteiger partial charge >= 0.3 is 5.97 Å². The van der Waals surface area contributed by atoms with Gasteiger partial charge in [-0.05, 0) is 23.8 Å². The van der Waals surface area contributed by atoms with Gasteiger partial charge in [-0.2, -0.15) is 0 Å². The fourth-order valence-corrected chi connectivity index (χ4v) is 3.21. The monoisotopic (exact) mass is 366 g/mol. The van der Waals surface area contributed by atoms with Crippen molar-refractivity contribution in [1.82, 2.24) is 10.3 Å². The molecule has 7 nitrogen and oxygen atoms in total. The van der Waals surface area contributed by atoms with Crippen molar-refractivity contribution in [3.63, 3.8) is 0 Å². The first-order valence-corrected chi connectivity index (χ1v) is 8.61. The number of aromatic amines is 1. The Labute approximate surface area is 154 Å². The number of aromatic nitrogens is 1. The number of carbonyl (C=O) groups is 2. The Balaban J connectivity index is 1.57. The summed E-state index contributed by atoms with van der Waals surface area (Å²) in [6.07, 6.45) is 1.94. The maximum atomic E-state index is 12.7. The van der Waals surface area contributed by atoms with Gasteiger partial charge in [0.25, 0.3) is 5.91 Å². The van der Waals surface area contributed by atoms with Crippen LogP contribution in [0.1, 0.15) is 15.9 Å². The summed E-state index contributed by atoms with van der Waals surface area (Å²) < 4.78 is 11.0. The third-order valence-corrected chi connectivity index (χ3v) is 4.51. The first kappa shape index (κ1) is 17.0. The van der Waals surface area contributed by atoms with Crippen molar-refractivity contribution in [3.8, 4) is 11.5 Å². The van der Waals surface area contributed by atoms with E-state index in [0.717, 1.165) is 16.5 Å². The Hall–Kier alpha value is -3.48. The lowest BCUT2D eigenvalue weighted by Crippen LogP contribution is -2.42. The van der Waals surface area contributed by atoms with Crippen LogP contribution >= 0.6 is 0 Å². The zero-order valence-electron chi connectivity index (χ0n) is 14.4. The summed E-state index contributed by atoms with van der Waals surface area (Å²) in [5, 5.41) is 13.1. The zero-order valence-corrected chi connectivity index (χ0v) is 14.4. The van der Waals surface area contributed by atoms with Crippen molar-refractivity contribution in [2.75, 3.05) is 13.2 Å². The summed E-state index contributed by atoms with van der Waals surface area (Å²) in [6, 6.07) is 11.5. The minimum absolute atomic E-state index is 0.164. The van der Waals surface area contributed by atoms with E-state index in [-0.39, 0.29) is 12.0 Å². The Morgan fingerprint density at radius 1 is 1.11 bits per heavy atom. The number of ether oxygens (including phenoxy) is 2. The van der Waals surface area contributed by atoms with Crippen LogP contribution in [-0.2, 0) is 11.2 Å². The molecule has 1 atom stereocenters. The predicted octanol–water partition coefficient (Wildman–Crippen LogP) is 2.36. The molecule has 0 saturated carbocycles. The molecule has 0 saturated heterocycles. The van der Waals surface area contributed by atoms with Gasteiger partial charge in [0.2, 0.25) is 0 Å². The molecule has 2 heterocycles. The van der Waals surface area contributed by atoms with Gasteiger partial charge in [0.05, 0.1) is 5.56 Å². The molecule has 4 rings (SSSR count). The van der Waals surface area contributed by atoms with Gasteiger partial charge in [-0.25, -0.2) is 4.79 Å². The third-order valence-electron chi connectivity index (χ3n) is 4.51. The molecule has 0 fully saturated rings. The molecular formula is C20H18N2O5. The van der Waals surface area contributed by atoms with E-state index in [0.29, 0.717) is 24.7 Å². The van der Waals surface area contributed by atoms with E-state index in [1.54, 1.807) is 24.4 Å². The Kier molecular flexibility index (Phi) is 4.42. The normalized spacial score (nSPS) is 13.9. The quantitative estimate of drug-likeness (QED) is 0.644. The number of para-hydroxylation sites is 2. The molecule has 0 bridgehead atoms. The summed E-state index contributed by atoms with van der Waals surface area (Å²) in [6.45, 7) is 0.755. The lowest BCUT2D eigenvalue weighted by molar-refractivity contribution is -0.139. The molecule has 1 amide bonds. The molecular weight excluding hydrogens is 348 g/mol. The second-order valence-electron chi connectivity index (χ2n) is 6.26. The van der Waals surface area contributed by atoms with Gasteiger partial charge in [-0.3, -0.25) is 4.79 Å². The number of carboxylic acids is 1. The second-order valence-corrected chi connectivity index (χ2v) is 6.26. The predicted molar refractivity (Wildman–Crippen MR) is 98.3 cm³/mol. The smallest absolute Gasteiger partial charge is 0.326 e. The largest absolute Gasteiger partial charge is 0.486 e. The molecule has 1 aliphatic heterocycles. The minimum atomic E-state index is -1.10. The number of nitrogens with one attached hydrogen (secondary N) is 2. The Morgan fingerprint density at radius 3 is 2.78 bits per heavy atom. The van der Waals surface area contributed by atoms with Gasteiger partial charge in [0.15, 0.2) is 11.5 Å². The maximum Gasteiger partial charge on any atom is 0.326 e. The van der Waals surface area contributed by atoms with E-state index >= 15 is 0 Å². The average Bonchev–Trinajstić information content (AvgIpc) is 3.10. The van der Waals surface area contributed by atoms with Crippen LogP contribution in [-0.4, -0.2) is 41.2 Å². The van der Waals surface area contributed by atoms with Crippen LogP contribution in [0.2, 0.25) is 0 Å². The molecule has 0 radical (unpaired) electrons. The first-order chi connectivity index (χ1) is 13.1. The highest BCUT2D eigenvalue weighted by Crippen LogP contribution is 2.33. The standard InChI is InChI=1S/C20H18N2O5/c23-19(14-5-3-7-17-18(14)27-9-8-26-17)22-16(20(24)25)10-12-11-21-15-6-2-1-4-13(12)15/h1-7,11,16,21H,8-10H2,(H,22,23)(H,24,25)/t16-/m1/s1. The third kappa shape index (κ3) is 3.31. The van der Waals surface area contributed by atoms with Gasteiger partial charge < -0.3 is 24.9 Å². The van der Waals surface area contributed by atoms with Crippen molar-refractivity contribution in [3.05, 3.63) is 59.8 Å². The topological polar surface area (TPSA) is 101 Å². The van der Waals surface area contributed by atoms with Crippen LogP contribution < -0.4 is 14.8 Å². The molecule has 27 heavy (non-hydrogen) atoms. The number of carboxylic acid groups (broad SMARTS) is 1. The van der Waals surface area contributed by atoms with Crippen LogP contribution in [0.15, 0.2) is 48.7 Å². The van der Waals surface area contributed by atoms with E-state index in [1.165, 1.54) is 0 Å². The molecule has 0 aliphatic carbocycles. The van der Waals surface area contributed by atoms with Gasteiger partial charge in [-0.1, -0.05) is 24.3 Å². The summed E-state index contributed by atoms with van der Waals surface area (Å²) in [7, 11) is 0. The van der Waals surface area contributed by atoms with Crippen LogP contribution in [0.25, 0.3) is 10.9 Å². The van der Waals surface area contributed by atoms with Crippen molar-refractivity contribution < 1.29 is 24.2 Å². The molecule has 3 N–H and O–H groups in total. The van der Waals surface area contributed by atoms with E-state index in [4.69, 9.17) is 9.47 Å². The Morgan fingerprint density at radius 2 is 1.93 bits per heavy atom. The zero-order chi connectivity index (χ0) is 18.8.